The molecule has 2 N–H and O–H groups in total. The fourth-order valence-electron chi connectivity index (χ4n) is 2.81. The van der Waals surface area contributed by atoms with Crippen molar-refractivity contribution < 1.29 is 0 Å². The largest absolute Gasteiger partial charge is 0.352 e. The van der Waals surface area contributed by atoms with Crippen molar-refractivity contribution in [1.29, 1.82) is 0 Å². The number of aromatic nitrogens is 4. The standard InChI is InChI=1S/C15H22N6/c1-10-8-17-14(18-10)9-21(3)15-12-4-6-16-7-5-13(12)19-11(2)20-15/h8,16H,4-7,9H2,1-3H3,(H,17,18). The molecule has 3 rings (SSSR count). The average Bonchev–Trinajstić information content (AvgIpc) is 2.71. The van der Waals surface area contributed by atoms with Crippen LogP contribution in [0.15, 0.2) is 6.20 Å². The number of nitrogens with zero attached hydrogens (tertiary/aromatic N) is 4. The van der Waals surface area contributed by atoms with Gasteiger partial charge in [-0.1, -0.05) is 0 Å². The lowest BCUT2D eigenvalue weighted by Gasteiger charge is -2.21. The highest BCUT2D eigenvalue weighted by Crippen LogP contribution is 2.23. The van der Waals surface area contributed by atoms with Crippen LogP contribution in [0.2, 0.25) is 0 Å². The highest BCUT2D eigenvalue weighted by atomic mass is 15.2. The van der Waals surface area contributed by atoms with Crippen molar-refractivity contribution in [3.63, 3.8) is 0 Å². The molecule has 3 heterocycles. The van der Waals surface area contributed by atoms with Crippen LogP contribution in [0.3, 0.4) is 0 Å². The molecule has 21 heavy (non-hydrogen) atoms. The second-order valence-corrected chi connectivity index (χ2v) is 5.64. The Bertz CT molecular complexity index is 633. The fraction of sp³-hybridized carbons (Fsp3) is 0.533. The zero-order chi connectivity index (χ0) is 14.8. The molecular formula is C15H22N6. The Morgan fingerprint density at radius 1 is 1.19 bits per heavy atom. The summed E-state index contributed by atoms with van der Waals surface area (Å²) < 4.78 is 0. The molecule has 0 bridgehead atoms. The van der Waals surface area contributed by atoms with Crippen LogP contribution in [-0.4, -0.2) is 40.1 Å². The second kappa shape index (κ2) is 5.81. The van der Waals surface area contributed by atoms with Gasteiger partial charge in [-0.2, -0.15) is 0 Å². The smallest absolute Gasteiger partial charge is 0.135 e. The molecule has 0 amide bonds. The van der Waals surface area contributed by atoms with Crippen LogP contribution in [0.25, 0.3) is 0 Å². The Morgan fingerprint density at radius 2 is 2.00 bits per heavy atom. The van der Waals surface area contributed by atoms with E-state index in [0.29, 0.717) is 0 Å². The van der Waals surface area contributed by atoms with Crippen LogP contribution in [0.5, 0.6) is 0 Å². The third kappa shape index (κ3) is 3.05. The minimum absolute atomic E-state index is 0.726. The zero-order valence-corrected chi connectivity index (χ0v) is 12.9. The predicted octanol–water partition coefficient (Wildman–Crippen LogP) is 1.14. The summed E-state index contributed by atoms with van der Waals surface area (Å²) in [4.78, 5) is 19.1. The Hall–Kier alpha value is -1.95. The van der Waals surface area contributed by atoms with Crippen molar-refractivity contribution in [1.82, 2.24) is 25.3 Å². The zero-order valence-electron chi connectivity index (χ0n) is 12.9. The SMILES string of the molecule is Cc1nc2c(c(N(C)Cc3ncc(C)[nH]3)n1)CCNCC2. The van der Waals surface area contributed by atoms with Crippen molar-refractivity contribution in [3.05, 3.63) is 34.8 Å². The highest BCUT2D eigenvalue weighted by molar-refractivity contribution is 5.49. The molecule has 0 aromatic carbocycles. The van der Waals surface area contributed by atoms with Gasteiger partial charge in [-0.15, -0.1) is 0 Å². The molecule has 0 fully saturated rings. The average molecular weight is 286 g/mol. The molecule has 2 aromatic heterocycles. The first-order chi connectivity index (χ1) is 10.1. The molecule has 112 valence electrons. The van der Waals surface area contributed by atoms with E-state index in [4.69, 9.17) is 0 Å². The van der Waals surface area contributed by atoms with Gasteiger partial charge in [0.2, 0.25) is 0 Å². The number of hydrogen-bond donors (Lipinski definition) is 2. The summed E-state index contributed by atoms with van der Waals surface area (Å²) >= 11 is 0. The number of fused-ring (bicyclic) bond motifs is 1. The Labute approximate surface area is 125 Å². The number of anilines is 1. The minimum Gasteiger partial charge on any atom is -0.352 e. The normalized spacial score (nSPS) is 14.6. The molecule has 0 aliphatic carbocycles. The van der Waals surface area contributed by atoms with Crippen molar-refractivity contribution >= 4 is 5.82 Å². The van der Waals surface area contributed by atoms with Gasteiger partial charge >= 0.3 is 0 Å². The minimum atomic E-state index is 0.726. The summed E-state index contributed by atoms with van der Waals surface area (Å²) in [5, 5.41) is 3.43. The summed E-state index contributed by atoms with van der Waals surface area (Å²) in [5.41, 5.74) is 3.54. The Kier molecular flexibility index (Phi) is 3.88. The van der Waals surface area contributed by atoms with Crippen molar-refractivity contribution in [2.75, 3.05) is 25.0 Å². The third-order valence-electron chi connectivity index (χ3n) is 3.78. The molecule has 0 atom stereocenters. The summed E-state index contributed by atoms with van der Waals surface area (Å²) in [6.07, 6.45) is 3.81. The van der Waals surface area contributed by atoms with Gasteiger partial charge in [-0.05, 0) is 26.8 Å². The van der Waals surface area contributed by atoms with Crippen LogP contribution in [0.4, 0.5) is 5.82 Å². The number of imidazole rings is 1. The molecule has 2 aromatic rings. The molecule has 1 aliphatic rings. The molecule has 0 unspecified atom stereocenters. The van der Waals surface area contributed by atoms with E-state index in [0.717, 1.165) is 55.6 Å². The van der Waals surface area contributed by atoms with E-state index in [1.807, 2.05) is 20.0 Å². The number of H-pyrrole nitrogens is 1. The Balaban J connectivity index is 1.91. The maximum atomic E-state index is 4.68. The predicted molar refractivity (Wildman–Crippen MR) is 82.5 cm³/mol. The van der Waals surface area contributed by atoms with E-state index in [2.05, 4.69) is 37.2 Å². The van der Waals surface area contributed by atoms with Crippen LogP contribution < -0.4 is 10.2 Å². The molecule has 0 spiro atoms. The van der Waals surface area contributed by atoms with E-state index >= 15 is 0 Å². The monoisotopic (exact) mass is 286 g/mol. The summed E-state index contributed by atoms with van der Waals surface area (Å²) in [6, 6.07) is 0. The van der Waals surface area contributed by atoms with E-state index in [1.165, 1.54) is 11.3 Å². The molecule has 0 saturated heterocycles. The lowest BCUT2D eigenvalue weighted by molar-refractivity contribution is 0.707. The number of rotatable bonds is 3. The molecule has 0 saturated carbocycles. The van der Waals surface area contributed by atoms with Gasteiger partial charge in [0, 0.05) is 37.5 Å². The van der Waals surface area contributed by atoms with E-state index in [1.54, 1.807) is 0 Å². The van der Waals surface area contributed by atoms with E-state index in [9.17, 15) is 0 Å². The molecule has 6 heteroatoms. The van der Waals surface area contributed by atoms with Gasteiger partial charge in [-0.25, -0.2) is 15.0 Å². The van der Waals surface area contributed by atoms with Gasteiger partial charge in [0.1, 0.15) is 17.5 Å². The van der Waals surface area contributed by atoms with Crippen LogP contribution in [0.1, 0.15) is 28.6 Å². The fourth-order valence-corrected chi connectivity index (χ4v) is 2.81. The maximum absolute atomic E-state index is 4.68. The van der Waals surface area contributed by atoms with Crippen molar-refractivity contribution in [2.45, 2.75) is 33.2 Å². The van der Waals surface area contributed by atoms with Crippen molar-refractivity contribution in [2.24, 2.45) is 0 Å². The van der Waals surface area contributed by atoms with Crippen molar-refractivity contribution in [3.8, 4) is 0 Å². The summed E-state index contributed by atoms with van der Waals surface area (Å²) in [7, 11) is 2.07. The quantitative estimate of drug-likeness (QED) is 0.885. The first kappa shape index (κ1) is 14.0. The number of hydrogen-bond acceptors (Lipinski definition) is 5. The summed E-state index contributed by atoms with van der Waals surface area (Å²) in [5.74, 6) is 2.84. The lowest BCUT2D eigenvalue weighted by Crippen LogP contribution is -2.22. The molecule has 6 nitrogen and oxygen atoms in total. The number of nitrogens with one attached hydrogen (secondary N) is 2. The Morgan fingerprint density at radius 3 is 2.76 bits per heavy atom. The van der Waals surface area contributed by atoms with Gasteiger partial charge in [-0.3, -0.25) is 0 Å². The van der Waals surface area contributed by atoms with E-state index in [-0.39, 0.29) is 0 Å². The first-order valence-electron chi connectivity index (χ1n) is 7.42. The number of aryl methyl sites for hydroxylation is 2. The maximum Gasteiger partial charge on any atom is 0.135 e. The van der Waals surface area contributed by atoms with Crippen LogP contribution in [0, 0.1) is 13.8 Å². The molecule has 0 radical (unpaired) electrons. The van der Waals surface area contributed by atoms with Gasteiger partial charge in [0.15, 0.2) is 0 Å². The second-order valence-electron chi connectivity index (χ2n) is 5.64. The van der Waals surface area contributed by atoms with E-state index < -0.39 is 0 Å². The number of aromatic amines is 1. The van der Waals surface area contributed by atoms with Gasteiger partial charge in [0.25, 0.3) is 0 Å². The van der Waals surface area contributed by atoms with Gasteiger partial charge < -0.3 is 15.2 Å². The third-order valence-corrected chi connectivity index (χ3v) is 3.78. The van der Waals surface area contributed by atoms with Crippen LogP contribution >= 0.6 is 0 Å². The molecule has 1 aliphatic heterocycles. The molecular weight excluding hydrogens is 264 g/mol. The topological polar surface area (TPSA) is 69.7 Å². The lowest BCUT2D eigenvalue weighted by atomic mass is 10.1. The first-order valence-corrected chi connectivity index (χ1v) is 7.42. The summed E-state index contributed by atoms with van der Waals surface area (Å²) in [6.45, 7) is 6.68. The highest BCUT2D eigenvalue weighted by Gasteiger charge is 2.18. The van der Waals surface area contributed by atoms with Gasteiger partial charge in [0.05, 0.1) is 12.2 Å². The van der Waals surface area contributed by atoms with Crippen LogP contribution in [-0.2, 0) is 19.4 Å².